The van der Waals surface area contributed by atoms with E-state index in [1.807, 2.05) is 6.07 Å². The molecule has 0 saturated heterocycles. The molecule has 0 atom stereocenters. The van der Waals surface area contributed by atoms with Crippen LogP contribution < -0.4 is 5.32 Å². The number of rotatable bonds is 2. The smallest absolute Gasteiger partial charge is 0.147 e. The Balaban J connectivity index is 2.31. The Morgan fingerprint density at radius 2 is 2.06 bits per heavy atom. The summed E-state index contributed by atoms with van der Waals surface area (Å²) in [7, 11) is 0. The van der Waals surface area contributed by atoms with E-state index in [9.17, 15) is 4.39 Å². The molecule has 0 unspecified atom stereocenters. The van der Waals surface area contributed by atoms with E-state index in [0.29, 0.717) is 16.4 Å². The molecule has 0 aliphatic carbocycles. The first-order chi connectivity index (χ1) is 7.66. The van der Waals surface area contributed by atoms with Gasteiger partial charge in [0.2, 0.25) is 0 Å². The molecule has 1 N–H and O–H groups in total. The van der Waals surface area contributed by atoms with Crippen molar-refractivity contribution in [3.8, 4) is 0 Å². The lowest BCUT2D eigenvalue weighted by Crippen LogP contribution is -1.95. The minimum Gasteiger partial charge on any atom is -0.351 e. The fraction of sp³-hybridized carbons (Fsp3) is 0. The van der Waals surface area contributed by atoms with Crippen LogP contribution in [0.4, 0.5) is 15.8 Å². The van der Waals surface area contributed by atoms with E-state index in [4.69, 9.17) is 11.6 Å². The van der Waals surface area contributed by atoms with Gasteiger partial charge in [-0.05, 0) is 46.9 Å². The lowest BCUT2D eigenvalue weighted by atomic mass is 10.3. The van der Waals surface area contributed by atoms with Crippen molar-refractivity contribution >= 4 is 45.6 Å². The molecule has 1 aromatic carbocycles. The van der Waals surface area contributed by atoms with Crippen LogP contribution in [0.15, 0.2) is 36.7 Å². The summed E-state index contributed by atoms with van der Waals surface area (Å²) in [6, 6.07) is 6.58. The molecule has 0 bridgehead atoms. The Kier molecular flexibility index (Phi) is 3.60. The molecule has 16 heavy (non-hydrogen) atoms. The Hall–Kier alpha value is -0.880. The quantitative estimate of drug-likeness (QED) is 0.822. The number of hydrogen-bond donors (Lipinski definition) is 1. The highest BCUT2D eigenvalue weighted by Crippen LogP contribution is 2.26. The molecule has 2 nitrogen and oxygen atoms in total. The highest BCUT2D eigenvalue weighted by Gasteiger charge is 2.05. The first-order valence-electron chi connectivity index (χ1n) is 4.48. The van der Waals surface area contributed by atoms with Crippen LogP contribution in [-0.2, 0) is 0 Å². The van der Waals surface area contributed by atoms with Crippen LogP contribution in [0.5, 0.6) is 0 Å². The highest BCUT2D eigenvalue weighted by atomic mass is 127. The van der Waals surface area contributed by atoms with E-state index in [0.717, 1.165) is 3.57 Å². The van der Waals surface area contributed by atoms with Crippen LogP contribution in [0.3, 0.4) is 0 Å². The van der Waals surface area contributed by atoms with Gasteiger partial charge in [-0.15, -0.1) is 0 Å². The van der Waals surface area contributed by atoms with E-state index in [1.54, 1.807) is 24.5 Å². The van der Waals surface area contributed by atoms with Gasteiger partial charge in [-0.1, -0.05) is 11.6 Å². The van der Waals surface area contributed by atoms with Gasteiger partial charge in [0.05, 0.1) is 22.6 Å². The van der Waals surface area contributed by atoms with Crippen LogP contribution in [0, 0.1) is 9.39 Å². The zero-order chi connectivity index (χ0) is 11.5. The lowest BCUT2D eigenvalue weighted by Gasteiger charge is -2.08. The normalized spacial score (nSPS) is 10.2. The summed E-state index contributed by atoms with van der Waals surface area (Å²) < 4.78 is 14.4. The molecule has 0 saturated carbocycles. The molecule has 0 spiro atoms. The maximum atomic E-state index is 13.5. The lowest BCUT2D eigenvalue weighted by molar-refractivity contribution is 0.631. The number of nitrogens with one attached hydrogen (secondary N) is 1. The SMILES string of the molecule is Fc1cc(I)ccc1Nc1cnccc1Cl. The largest absolute Gasteiger partial charge is 0.351 e. The number of nitrogens with zero attached hydrogens (tertiary/aromatic N) is 1. The molecule has 0 radical (unpaired) electrons. The van der Waals surface area contributed by atoms with Gasteiger partial charge in [-0.3, -0.25) is 4.98 Å². The molecule has 0 aliphatic rings. The number of hydrogen-bond acceptors (Lipinski definition) is 2. The summed E-state index contributed by atoms with van der Waals surface area (Å²) in [6.07, 6.45) is 3.14. The van der Waals surface area contributed by atoms with E-state index in [-0.39, 0.29) is 5.82 Å². The van der Waals surface area contributed by atoms with Crippen LogP contribution in [0.25, 0.3) is 0 Å². The first kappa shape index (κ1) is 11.6. The summed E-state index contributed by atoms with van der Waals surface area (Å²) in [5.74, 6) is -0.313. The number of halogens is 3. The summed E-state index contributed by atoms with van der Waals surface area (Å²) in [5, 5.41) is 3.40. The number of benzene rings is 1. The van der Waals surface area contributed by atoms with Gasteiger partial charge in [-0.2, -0.15) is 0 Å². The third kappa shape index (κ3) is 2.62. The number of pyridine rings is 1. The van der Waals surface area contributed by atoms with Crippen molar-refractivity contribution < 1.29 is 4.39 Å². The second-order valence-corrected chi connectivity index (χ2v) is 4.76. The fourth-order valence-corrected chi connectivity index (χ4v) is 1.81. The van der Waals surface area contributed by atoms with Crippen LogP contribution in [0.1, 0.15) is 0 Å². The van der Waals surface area contributed by atoms with Crippen molar-refractivity contribution in [2.45, 2.75) is 0 Å². The van der Waals surface area contributed by atoms with E-state index in [2.05, 4.69) is 32.9 Å². The third-order valence-corrected chi connectivity index (χ3v) is 2.97. The van der Waals surface area contributed by atoms with Crippen LogP contribution in [-0.4, -0.2) is 4.98 Å². The number of aromatic nitrogens is 1. The van der Waals surface area contributed by atoms with Gasteiger partial charge < -0.3 is 5.32 Å². The van der Waals surface area contributed by atoms with Crippen molar-refractivity contribution in [2.24, 2.45) is 0 Å². The minimum atomic E-state index is -0.313. The first-order valence-corrected chi connectivity index (χ1v) is 5.94. The average molecular weight is 349 g/mol. The molecule has 1 aromatic heterocycles. The van der Waals surface area contributed by atoms with Gasteiger partial charge in [-0.25, -0.2) is 4.39 Å². The second kappa shape index (κ2) is 4.97. The molecule has 0 amide bonds. The summed E-state index contributed by atoms with van der Waals surface area (Å²) in [4.78, 5) is 3.92. The predicted molar refractivity (Wildman–Crippen MR) is 71.6 cm³/mol. The van der Waals surface area contributed by atoms with Crippen molar-refractivity contribution in [1.82, 2.24) is 4.98 Å². The molecule has 2 rings (SSSR count). The maximum absolute atomic E-state index is 13.5. The summed E-state index contributed by atoms with van der Waals surface area (Å²) >= 11 is 7.98. The van der Waals surface area contributed by atoms with Gasteiger partial charge in [0.1, 0.15) is 5.82 Å². The molecule has 5 heteroatoms. The molecule has 0 fully saturated rings. The molecular formula is C11H7ClFIN2. The van der Waals surface area contributed by atoms with Crippen molar-refractivity contribution in [3.05, 3.63) is 51.1 Å². The van der Waals surface area contributed by atoms with Gasteiger partial charge in [0.25, 0.3) is 0 Å². The third-order valence-electron chi connectivity index (χ3n) is 1.97. The second-order valence-electron chi connectivity index (χ2n) is 3.10. The molecule has 2 aromatic rings. The van der Waals surface area contributed by atoms with Crippen LogP contribution >= 0.6 is 34.2 Å². The minimum absolute atomic E-state index is 0.313. The van der Waals surface area contributed by atoms with Gasteiger partial charge in [0.15, 0.2) is 0 Å². The molecule has 82 valence electrons. The monoisotopic (exact) mass is 348 g/mol. The summed E-state index contributed by atoms with van der Waals surface area (Å²) in [6.45, 7) is 0. The van der Waals surface area contributed by atoms with Crippen molar-refractivity contribution in [2.75, 3.05) is 5.32 Å². The Morgan fingerprint density at radius 1 is 1.25 bits per heavy atom. The van der Waals surface area contributed by atoms with Gasteiger partial charge >= 0.3 is 0 Å². The van der Waals surface area contributed by atoms with Crippen molar-refractivity contribution in [3.63, 3.8) is 0 Å². The van der Waals surface area contributed by atoms with E-state index >= 15 is 0 Å². The van der Waals surface area contributed by atoms with Crippen LogP contribution in [0.2, 0.25) is 5.02 Å². The Morgan fingerprint density at radius 3 is 2.75 bits per heavy atom. The zero-order valence-electron chi connectivity index (χ0n) is 8.05. The molecular weight excluding hydrogens is 341 g/mol. The standard InChI is InChI=1S/C11H7ClFIN2/c12-8-3-4-15-6-11(8)16-10-2-1-7(14)5-9(10)13/h1-6,16H. The molecule has 1 heterocycles. The molecule has 0 aliphatic heterocycles. The predicted octanol–water partition coefficient (Wildman–Crippen LogP) is 4.22. The summed E-state index contributed by atoms with van der Waals surface area (Å²) in [5.41, 5.74) is 0.972. The average Bonchev–Trinajstić information content (AvgIpc) is 2.25. The topological polar surface area (TPSA) is 24.9 Å². The Bertz CT molecular complexity index is 519. The van der Waals surface area contributed by atoms with Crippen molar-refractivity contribution in [1.29, 1.82) is 0 Å². The maximum Gasteiger partial charge on any atom is 0.147 e. The number of anilines is 2. The highest BCUT2D eigenvalue weighted by molar-refractivity contribution is 14.1. The Labute approximate surface area is 111 Å². The van der Waals surface area contributed by atoms with Gasteiger partial charge in [0, 0.05) is 9.77 Å². The van der Waals surface area contributed by atoms with E-state index in [1.165, 1.54) is 6.07 Å². The van der Waals surface area contributed by atoms with E-state index < -0.39 is 0 Å². The fourth-order valence-electron chi connectivity index (χ4n) is 1.21. The zero-order valence-corrected chi connectivity index (χ0v) is 11.0.